The second kappa shape index (κ2) is 4.63. The molecule has 2 nitrogen and oxygen atoms in total. The third kappa shape index (κ3) is 1.95. The van der Waals surface area contributed by atoms with Crippen LogP contribution in [0.25, 0.3) is 0 Å². The smallest absolute Gasteiger partial charge is 0.129 e. The van der Waals surface area contributed by atoms with Gasteiger partial charge in [-0.05, 0) is 44.7 Å². The largest absolute Gasteiger partial charge is 0.388 e. The minimum absolute atomic E-state index is 0.204. The standard InChI is InChI=1S/C15H20FNO/c1-17-11-6-7-12(17)9-10(8-11)15(18)13-4-2-3-5-14(13)16/h2-5,10-12,15,18H,6-9H2,1H3. The van der Waals surface area contributed by atoms with Crippen LogP contribution in [0.2, 0.25) is 0 Å². The molecule has 18 heavy (non-hydrogen) atoms. The maximum atomic E-state index is 13.7. The summed E-state index contributed by atoms with van der Waals surface area (Å²) in [5, 5.41) is 10.4. The Bertz CT molecular complexity index is 422. The molecule has 0 saturated carbocycles. The van der Waals surface area contributed by atoms with Gasteiger partial charge in [-0.1, -0.05) is 18.2 Å². The highest BCUT2D eigenvalue weighted by atomic mass is 19.1. The summed E-state index contributed by atoms with van der Waals surface area (Å²) in [5.74, 6) is -0.0770. The van der Waals surface area contributed by atoms with E-state index in [0.717, 1.165) is 12.8 Å². The molecule has 0 radical (unpaired) electrons. The van der Waals surface area contributed by atoms with Crippen molar-refractivity contribution in [2.75, 3.05) is 7.05 Å². The van der Waals surface area contributed by atoms with Crippen molar-refractivity contribution in [1.29, 1.82) is 0 Å². The fourth-order valence-electron chi connectivity index (χ4n) is 3.68. The lowest BCUT2D eigenvalue weighted by atomic mass is 9.83. The van der Waals surface area contributed by atoms with Crippen molar-refractivity contribution in [2.45, 2.75) is 43.9 Å². The van der Waals surface area contributed by atoms with Crippen LogP contribution in [0.3, 0.4) is 0 Å². The molecule has 3 unspecified atom stereocenters. The van der Waals surface area contributed by atoms with Crippen LogP contribution in [-0.4, -0.2) is 29.1 Å². The zero-order valence-electron chi connectivity index (χ0n) is 10.7. The number of benzene rings is 1. The molecule has 2 heterocycles. The van der Waals surface area contributed by atoms with Crippen LogP contribution in [0.1, 0.15) is 37.4 Å². The number of rotatable bonds is 2. The second-order valence-corrected chi connectivity index (χ2v) is 5.75. The lowest BCUT2D eigenvalue weighted by Gasteiger charge is -2.38. The highest BCUT2D eigenvalue weighted by molar-refractivity contribution is 5.21. The summed E-state index contributed by atoms with van der Waals surface area (Å²) in [6, 6.07) is 7.77. The van der Waals surface area contributed by atoms with Crippen LogP contribution >= 0.6 is 0 Å². The van der Waals surface area contributed by atoms with Gasteiger partial charge in [-0.2, -0.15) is 0 Å². The van der Waals surface area contributed by atoms with Gasteiger partial charge < -0.3 is 10.0 Å². The Labute approximate surface area is 107 Å². The van der Waals surface area contributed by atoms with Crippen molar-refractivity contribution in [1.82, 2.24) is 4.90 Å². The van der Waals surface area contributed by atoms with Gasteiger partial charge in [0.2, 0.25) is 0 Å². The molecule has 0 amide bonds. The molecule has 0 aromatic heterocycles. The Kier molecular flexibility index (Phi) is 3.12. The normalized spacial score (nSPS) is 33.6. The summed E-state index contributed by atoms with van der Waals surface area (Å²) in [6.45, 7) is 0. The van der Waals surface area contributed by atoms with Crippen molar-refractivity contribution in [3.8, 4) is 0 Å². The molecular weight excluding hydrogens is 229 g/mol. The van der Waals surface area contributed by atoms with E-state index in [0.29, 0.717) is 17.6 Å². The Morgan fingerprint density at radius 2 is 1.83 bits per heavy atom. The molecule has 2 aliphatic rings. The maximum absolute atomic E-state index is 13.7. The number of halogens is 1. The molecule has 2 fully saturated rings. The Morgan fingerprint density at radius 3 is 2.44 bits per heavy atom. The van der Waals surface area contributed by atoms with Crippen molar-refractivity contribution in [2.24, 2.45) is 5.92 Å². The van der Waals surface area contributed by atoms with Crippen molar-refractivity contribution < 1.29 is 9.50 Å². The van der Waals surface area contributed by atoms with Crippen LogP contribution in [0, 0.1) is 11.7 Å². The lowest BCUT2D eigenvalue weighted by Crippen LogP contribution is -2.41. The van der Waals surface area contributed by atoms with Gasteiger partial charge in [-0.25, -0.2) is 4.39 Å². The van der Waals surface area contributed by atoms with E-state index < -0.39 is 6.10 Å². The highest BCUT2D eigenvalue weighted by Gasteiger charge is 2.41. The summed E-state index contributed by atoms with van der Waals surface area (Å²) in [7, 11) is 2.17. The van der Waals surface area contributed by atoms with Gasteiger partial charge in [-0.15, -0.1) is 0 Å². The molecule has 3 heteroatoms. The Balaban J connectivity index is 1.78. The van der Waals surface area contributed by atoms with Crippen molar-refractivity contribution in [3.63, 3.8) is 0 Å². The molecule has 98 valence electrons. The van der Waals surface area contributed by atoms with E-state index in [-0.39, 0.29) is 11.7 Å². The van der Waals surface area contributed by atoms with E-state index in [1.165, 1.54) is 18.9 Å². The molecular formula is C15H20FNO. The SMILES string of the molecule is CN1C2CCC1CC(C(O)c1ccccc1F)C2. The first-order chi connectivity index (χ1) is 8.66. The summed E-state index contributed by atoms with van der Waals surface area (Å²) in [5.41, 5.74) is 0.464. The number of hydrogen-bond acceptors (Lipinski definition) is 2. The highest BCUT2D eigenvalue weighted by Crippen LogP contribution is 2.42. The molecule has 3 atom stereocenters. The molecule has 1 aromatic carbocycles. The summed E-state index contributed by atoms with van der Waals surface area (Å²) in [6.07, 6.45) is 3.77. The van der Waals surface area contributed by atoms with E-state index >= 15 is 0 Å². The van der Waals surface area contributed by atoms with Gasteiger partial charge >= 0.3 is 0 Å². The lowest BCUT2D eigenvalue weighted by molar-refractivity contribution is 0.0337. The Morgan fingerprint density at radius 1 is 1.22 bits per heavy atom. The second-order valence-electron chi connectivity index (χ2n) is 5.75. The molecule has 1 N–H and O–H groups in total. The van der Waals surface area contributed by atoms with Gasteiger partial charge in [0.1, 0.15) is 5.82 Å². The molecule has 0 aliphatic carbocycles. The fourth-order valence-corrected chi connectivity index (χ4v) is 3.68. The number of piperidine rings is 1. The third-order valence-electron chi connectivity index (χ3n) is 4.81. The summed E-state index contributed by atoms with van der Waals surface area (Å²) < 4.78 is 13.7. The maximum Gasteiger partial charge on any atom is 0.129 e. The number of aliphatic hydroxyl groups is 1. The average molecular weight is 249 g/mol. The van der Waals surface area contributed by atoms with Gasteiger partial charge in [-0.3, -0.25) is 0 Å². The van der Waals surface area contributed by atoms with E-state index in [1.54, 1.807) is 18.2 Å². The van der Waals surface area contributed by atoms with Crippen LogP contribution in [0.5, 0.6) is 0 Å². The third-order valence-corrected chi connectivity index (χ3v) is 4.81. The molecule has 2 saturated heterocycles. The predicted octanol–water partition coefficient (Wildman–Crippen LogP) is 2.73. The summed E-state index contributed by atoms with van der Waals surface area (Å²) >= 11 is 0. The van der Waals surface area contributed by atoms with Gasteiger partial charge in [0.25, 0.3) is 0 Å². The zero-order valence-corrected chi connectivity index (χ0v) is 10.7. The van der Waals surface area contributed by atoms with Crippen molar-refractivity contribution in [3.05, 3.63) is 35.6 Å². The predicted molar refractivity (Wildman–Crippen MR) is 68.7 cm³/mol. The molecule has 0 spiro atoms. The monoisotopic (exact) mass is 249 g/mol. The minimum Gasteiger partial charge on any atom is -0.388 e. The average Bonchev–Trinajstić information content (AvgIpc) is 2.61. The topological polar surface area (TPSA) is 23.5 Å². The first kappa shape index (κ1) is 12.1. The molecule has 1 aromatic rings. The van der Waals surface area contributed by atoms with Gasteiger partial charge in [0, 0.05) is 17.6 Å². The molecule has 2 aliphatic heterocycles. The minimum atomic E-state index is -0.650. The number of aliphatic hydroxyl groups excluding tert-OH is 1. The summed E-state index contributed by atoms with van der Waals surface area (Å²) in [4.78, 5) is 2.44. The number of hydrogen-bond donors (Lipinski definition) is 1. The van der Waals surface area contributed by atoms with E-state index in [4.69, 9.17) is 0 Å². The van der Waals surface area contributed by atoms with Crippen LogP contribution in [0.4, 0.5) is 4.39 Å². The van der Waals surface area contributed by atoms with Crippen LogP contribution in [-0.2, 0) is 0 Å². The molecule has 3 rings (SSSR count). The first-order valence-electron chi connectivity index (χ1n) is 6.81. The van der Waals surface area contributed by atoms with Crippen LogP contribution in [0.15, 0.2) is 24.3 Å². The fraction of sp³-hybridized carbons (Fsp3) is 0.600. The number of nitrogens with zero attached hydrogens (tertiary/aromatic N) is 1. The Hall–Kier alpha value is -0.930. The quantitative estimate of drug-likeness (QED) is 0.871. The van der Waals surface area contributed by atoms with Crippen molar-refractivity contribution >= 4 is 0 Å². The van der Waals surface area contributed by atoms with Gasteiger partial charge in [0.15, 0.2) is 0 Å². The van der Waals surface area contributed by atoms with E-state index in [9.17, 15) is 9.50 Å². The van der Waals surface area contributed by atoms with Crippen LogP contribution < -0.4 is 0 Å². The molecule has 2 bridgehead atoms. The number of fused-ring (bicyclic) bond motifs is 2. The first-order valence-corrected chi connectivity index (χ1v) is 6.81. The van der Waals surface area contributed by atoms with E-state index in [2.05, 4.69) is 11.9 Å². The van der Waals surface area contributed by atoms with E-state index in [1.807, 2.05) is 0 Å². The van der Waals surface area contributed by atoms with Gasteiger partial charge in [0.05, 0.1) is 6.10 Å². The zero-order chi connectivity index (χ0) is 12.7.